The van der Waals surface area contributed by atoms with Crippen LogP contribution in [0.1, 0.15) is 45.1 Å². The molecule has 1 aromatic carbocycles. The summed E-state index contributed by atoms with van der Waals surface area (Å²) in [5.74, 6) is -0.223. The van der Waals surface area contributed by atoms with Crippen LogP contribution in [0.3, 0.4) is 0 Å². The second-order valence-electron chi connectivity index (χ2n) is 9.09. The summed E-state index contributed by atoms with van der Waals surface area (Å²) in [4.78, 5) is 24.3. The molecular formula is C29H23ClF3N4O3. The van der Waals surface area contributed by atoms with Gasteiger partial charge in [-0.2, -0.15) is 18.2 Å². The third kappa shape index (κ3) is 4.95. The molecule has 3 heterocycles. The Morgan fingerprint density at radius 1 is 1.07 bits per heavy atom. The summed E-state index contributed by atoms with van der Waals surface area (Å²) < 4.78 is 52.0. The zero-order valence-electron chi connectivity index (χ0n) is 21.5. The SMILES string of the molecule is [CH2]c1ccc(-c2ccnc(-c3cccc4c3CC[C@@H]4Nc3nc(OC)c(C=O)cc3C(F)(F)F)c2Cl)nc1OC. The Morgan fingerprint density at radius 2 is 1.85 bits per heavy atom. The van der Waals surface area contributed by atoms with Gasteiger partial charge in [0, 0.05) is 22.9 Å². The minimum Gasteiger partial charge on any atom is -0.481 e. The van der Waals surface area contributed by atoms with E-state index in [1.165, 1.54) is 14.2 Å². The number of nitrogens with one attached hydrogen (secondary N) is 1. The fourth-order valence-corrected chi connectivity index (χ4v) is 5.21. The van der Waals surface area contributed by atoms with Crippen molar-refractivity contribution in [2.24, 2.45) is 0 Å². The smallest absolute Gasteiger partial charge is 0.419 e. The number of fused-ring (bicyclic) bond motifs is 1. The third-order valence-corrected chi connectivity index (χ3v) is 7.16. The van der Waals surface area contributed by atoms with E-state index in [2.05, 4.69) is 27.2 Å². The molecular weight excluding hydrogens is 545 g/mol. The number of carbonyl (C=O) groups is 1. The Kier molecular flexibility index (Phi) is 7.37. The van der Waals surface area contributed by atoms with Crippen molar-refractivity contribution >= 4 is 23.7 Å². The molecule has 0 amide bonds. The molecule has 7 nitrogen and oxygen atoms in total. The number of ether oxygens (including phenoxy) is 2. The maximum atomic E-state index is 13.9. The van der Waals surface area contributed by atoms with Crippen LogP contribution >= 0.6 is 11.6 Å². The molecule has 0 aliphatic heterocycles. The van der Waals surface area contributed by atoms with E-state index in [-0.39, 0.29) is 17.7 Å². The zero-order valence-corrected chi connectivity index (χ0v) is 22.2. The van der Waals surface area contributed by atoms with E-state index < -0.39 is 23.6 Å². The predicted octanol–water partition coefficient (Wildman–Crippen LogP) is 6.99. The molecule has 1 aliphatic rings. The van der Waals surface area contributed by atoms with Gasteiger partial charge in [-0.3, -0.25) is 9.78 Å². The highest BCUT2D eigenvalue weighted by Crippen LogP contribution is 2.44. The van der Waals surface area contributed by atoms with Crippen molar-refractivity contribution in [2.75, 3.05) is 19.5 Å². The van der Waals surface area contributed by atoms with Crippen molar-refractivity contribution in [3.8, 4) is 34.3 Å². The van der Waals surface area contributed by atoms with Crippen molar-refractivity contribution in [1.29, 1.82) is 0 Å². The third-order valence-electron chi connectivity index (χ3n) is 6.78. The molecule has 0 fully saturated rings. The Bertz CT molecular complexity index is 1610. The molecule has 1 N–H and O–H groups in total. The second kappa shape index (κ2) is 10.8. The van der Waals surface area contributed by atoms with Gasteiger partial charge in [0.05, 0.1) is 47.8 Å². The van der Waals surface area contributed by atoms with Gasteiger partial charge in [0.25, 0.3) is 0 Å². The second-order valence-corrected chi connectivity index (χ2v) is 9.47. The summed E-state index contributed by atoms with van der Waals surface area (Å²) in [6, 6.07) is 11.1. The van der Waals surface area contributed by atoms with Crippen LogP contribution in [0.2, 0.25) is 5.02 Å². The normalized spacial score (nSPS) is 14.5. The first kappa shape index (κ1) is 27.4. The highest BCUT2D eigenvalue weighted by atomic mass is 35.5. The molecule has 1 aliphatic carbocycles. The summed E-state index contributed by atoms with van der Waals surface area (Å²) in [5.41, 5.74) is 3.55. The summed E-state index contributed by atoms with van der Waals surface area (Å²) in [6.45, 7) is 3.90. The number of nitrogens with zero attached hydrogens (tertiary/aromatic N) is 3. The Morgan fingerprint density at radius 3 is 2.55 bits per heavy atom. The monoisotopic (exact) mass is 567 g/mol. The van der Waals surface area contributed by atoms with Gasteiger partial charge in [0.1, 0.15) is 5.82 Å². The highest BCUT2D eigenvalue weighted by Gasteiger charge is 2.37. The number of carbonyl (C=O) groups excluding carboxylic acids is 1. The molecule has 0 bridgehead atoms. The van der Waals surface area contributed by atoms with E-state index in [1.54, 1.807) is 24.4 Å². The standard InChI is InChI=1S/C29H23ClF3N4O3/c1-15-7-9-23(36-27(15)39-2)20-11-12-34-25(24(20)30)19-6-4-5-18-17(19)8-10-22(18)35-26-21(29(31,32)33)13-16(14-38)28(37-26)40-3/h4-7,9,11-14,22H,1,8,10H2,2-3H3,(H,35,37)/t22-/m0/s1. The van der Waals surface area contributed by atoms with Crippen LogP contribution in [-0.2, 0) is 12.6 Å². The summed E-state index contributed by atoms with van der Waals surface area (Å²) in [7, 11) is 2.76. The summed E-state index contributed by atoms with van der Waals surface area (Å²) >= 11 is 6.86. The number of rotatable bonds is 7. The van der Waals surface area contributed by atoms with Gasteiger partial charge in [0.2, 0.25) is 11.8 Å². The first-order valence-electron chi connectivity index (χ1n) is 12.2. The van der Waals surface area contributed by atoms with Gasteiger partial charge in [0.15, 0.2) is 6.29 Å². The van der Waals surface area contributed by atoms with E-state index >= 15 is 0 Å². The van der Waals surface area contributed by atoms with Crippen LogP contribution < -0.4 is 14.8 Å². The molecule has 3 aromatic heterocycles. The maximum absolute atomic E-state index is 13.9. The number of hydrogen-bond donors (Lipinski definition) is 1. The lowest BCUT2D eigenvalue weighted by molar-refractivity contribution is -0.137. The first-order valence-corrected chi connectivity index (χ1v) is 12.6. The van der Waals surface area contributed by atoms with Gasteiger partial charge in [-0.05, 0) is 49.1 Å². The maximum Gasteiger partial charge on any atom is 0.419 e. The van der Waals surface area contributed by atoms with Crippen LogP contribution in [0.4, 0.5) is 19.0 Å². The molecule has 5 rings (SSSR count). The van der Waals surface area contributed by atoms with Crippen LogP contribution in [0.15, 0.2) is 48.7 Å². The van der Waals surface area contributed by atoms with Crippen molar-refractivity contribution < 1.29 is 27.4 Å². The van der Waals surface area contributed by atoms with Crippen LogP contribution in [0.25, 0.3) is 22.5 Å². The number of aldehydes is 1. The number of methoxy groups -OCH3 is 2. The minimum absolute atomic E-state index is 0.192. The fraction of sp³-hybridized carbons (Fsp3) is 0.207. The van der Waals surface area contributed by atoms with E-state index in [4.69, 9.17) is 21.1 Å². The van der Waals surface area contributed by atoms with Crippen molar-refractivity contribution in [1.82, 2.24) is 15.0 Å². The van der Waals surface area contributed by atoms with Crippen molar-refractivity contribution in [2.45, 2.75) is 25.1 Å². The van der Waals surface area contributed by atoms with Crippen molar-refractivity contribution in [3.63, 3.8) is 0 Å². The summed E-state index contributed by atoms with van der Waals surface area (Å²) in [6.07, 6.45) is -1.74. The predicted molar refractivity (Wildman–Crippen MR) is 145 cm³/mol. The lowest BCUT2D eigenvalue weighted by Crippen LogP contribution is -2.16. The first-order chi connectivity index (χ1) is 19.2. The molecule has 1 atom stereocenters. The fourth-order valence-electron chi connectivity index (χ4n) is 4.90. The Balaban J connectivity index is 1.54. The van der Waals surface area contributed by atoms with Gasteiger partial charge in [-0.15, -0.1) is 0 Å². The summed E-state index contributed by atoms with van der Waals surface area (Å²) in [5, 5.41) is 3.32. The van der Waals surface area contributed by atoms with Gasteiger partial charge >= 0.3 is 6.18 Å². The lowest BCUT2D eigenvalue weighted by Gasteiger charge is -2.20. The Labute approximate surface area is 233 Å². The molecule has 0 saturated heterocycles. The van der Waals surface area contributed by atoms with Gasteiger partial charge < -0.3 is 14.8 Å². The molecule has 40 heavy (non-hydrogen) atoms. The van der Waals surface area contributed by atoms with E-state index in [1.807, 2.05) is 18.2 Å². The minimum atomic E-state index is -4.73. The molecule has 0 spiro atoms. The zero-order chi connectivity index (χ0) is 28.6. The number of anilines is 1. The average molecular weight is 568 g/mol. The molecule has 0 saturated carbocycles. The average Bonchev–Trinajstić information content (AvgIpc) is 3.35. The number of aromatic nitrogens is 3. The number of hydrogen-bond acceptors (Lipinski definition) is 7. The highest BCUT2D eigenvalue weighted by molar-refractivity contribution is 6.35. The van der Waals surface area contributed by atoms with Gasteiger partial charge in [-0.1, -0.05) is 35.9 Å². The topological polar surface area (TPSA) is 86.2 Å². The number of pyridine rings is 3. The van der Waals surface area contributed by atoms with Gasteiger partial charge in [-0.25, -0.2) is 4.98 Å². The lowest BCUT2D eigenvalue weighted by atomic mass is 9.98. The van der Waals surface area contributed by atoms with Crippen LogP contribution in [0.5, 0.6) is 11.8 Å². The van der Waals surface area contributed by atoms with E-state index in [0.29, 0.717) is 46.3 Å². The molecule has 4 aromatic rings. The number of halogens is 4. The molecule has 11 heteroatoms. The van der Waals surface area contributed by atoms with Crippen molar-refractivity contribution in [3.05, 3.63) is 88.4 Å². The largest absolute Gasteiger partial charge is 0.481 e. The van der Waals surface area contributed by atoms with E-state index in [9.17, 15) is 18.0 Å². The number of alkyl halides is 3. The molecule has 0 unspecified atom stereocenters. The Hall–Kier alpha value is -4.18. The quantitative estimate of drug-likeness (QED) is 0.241. The molecule has 1 radical (unpaired) electrons. The number of benzene rings is 1. The van der Waals surface area contributed by atoms with Crippen LogP contribution in [0, 0.1) is 6.92 Å². The van der Waals surface area contributed by atoms with Crippen LogP contribution in [-0.4, -0.2) is 35.5 Å². The van der Waals surface area contributed by atoms with E-state index in [0.717, 1.165) is 22.8 Å². The molecule has 205 valence electrons.